The molecule has 4 nitrogen and oxygen atoms in total. The molecule has 0 saturated carbocycles. The highest BCUT2D eigenvalue weighted by atomic mass is 32.2. The van der Waals surface area contributed by atoms with Crippen LogP contribution in [0.5, 0.6) is 0 Å². The maximum atomic E-state index is 6.29. The first-order chi connectivity index (χ1) is 8.76. The number of benzene rings is 1. The largest absolute Gasteiger partial charge is 0.324 e. The molecule has 18 heavy (non-hydrogen) atoms. The van der Waals surface area contributed by atoms with E-state index in [1.165, 1.54) is 10.5 Å². The number of rotatable bonds is 5. The van der Waals surface area contributed by atoms with Gasteiger partial charge in [0.05, 0.1) is 0 Å². The number of aryl methyl sites for hydroxylation is 1. The molecular formula is C13H18N4S. The molecule has 0 amide bonds. The highest BCUT2D eigenvalue weighted by Crippen LogP contribution is 2.26. The second kappa shape index (κ2) is 6.02. The van der Waals surface area contributed by atoms with Gasteiger partial charge in [-0.2, -0.15) is 5.10 Å². The monoisotopic (exact) mass is 262 g/mol. The van der Waals surface area contributed by atoms with Gasteiger partial charge >= 0.3 is 0 Å². The fourth-order valence-electron chi connectivity index (χ4n) is 1.99. The molecule has 2 N–H and O–H groups in total. The summed E-state index contributed by atoms with van der Waals surface area (Å²) in [7, 11) is 0. The van der Waals surface area contributed by atoms with Gasteiger partial charge in [-0.25, -0.2) is 4.98 Å². The minimum atomic E-state index is -0.0388. The first-order valence-electron chi connectivity index (χ1n) is 6.01. The Kier molecular flexibility index (Phi) is 4.38. The highest BCUT2D eigenvalue weighted by Gasteiger charge is 2.14. The molecule has 96 valence electrons. The molecule has 0 radical (unpaired) electrons. The average molecular weight is 262 g/mol. The standard InChI is InChI=1S/C13H18N4S/c1-3-17-13(15-9-16-17)8-11(14)10-6-4-5-7-12(10)18-2/h4-7,9,11H,3,8,14H2,1-2H3. The second-order valence-corrected chi connectivity index (χ2v) is 4.89. The number of nitrogens with two attached hydrogens (primary N) is 1. The normalized spacial score (nSPS) is 12.6. The molecule has 1 aromatic heterocycles. The molecule has 1 atom stereocenters. The summed E-state index contributed by atoms with van der Waals surface area (Å²) in [6.45, 7) is 2.88. The second-order valence-electron chi connectivity index (χ2n) is 4.04. The molecule has 0 aliphatic rings. The van der Waals surface area contributed by atoms with Crippen molar-refractivity contribution in [2.75, 3.05) is 6.26 Å². The van der Waals surface area contributed by atoms with Crippen LogP contribution < -0.4 is 5.73 Å². The van der Waals surface area contributed by atoms with Crippen LogP contribution in [0.1, 0.15) is 24.4 Å². The van der Waals surface area contributed by atoms with E-state index in [2.05, 4.69) is 35.4 Å². The van der Waals surface area contributed by atoms with Crippen molar-refractivity contribution in [3.05, 3.63) is 42.0 Å². The summed E-state index contributed by atoms with van der Waals surface area (Å²) in [5, 5.41) is 4.17. The van der Waals surface area contributed by atoms with Crippen LogP contribution in [0, 0.1) is 0 Å². The van der Waals surface area contributed by atoms with Crippen LogP contribution in [0.3, 0.4) is 0 Å². The summed E-state index contributed by atoms with van der Waals surface area (Å²) in [6, 6.07) is 8.21. The number of hydrogen-bond acceptors (Lipinski definition) is 4. The van der Waals surface area contributed by atoms with Crippen LogP contribution in [-0.2, 0) is 13.0 Å². The summed E-state index contributed by atoms with van der Waals surface area (Å²) in [4.78, 5) is 5.50. The van der Waals surface area contributed by atoms with E-state index in [0.29, 0.717) is 6.42 Å². The lowest BCUT2D eigenvalue weighted by atomic mass is 10.0. The van der Waals surface area contributed by atoms with Crippen molar-refractivity contribution in [2.45, 2.75) is 30.8 Å². The number of thioether (sulfide) groups is 1. The van der Waals surface area contributed by atoms with Crippen molar-refractivity contribution in [3.63, 3.8) is 0 Å². The quantitative estimate of drug-likeness (QED) is 0.840. The van der Waals surface area contributed by atoms with Gasteiger partial charge in [-0.3, -0.25) is 4.68 Å². The summed E-state index contributed by atoms with van der Waals surface area (Å²) < 4.78 is 1.89. The van der Waals surface area contributed by atoms with Crippen molar-refractivity contribution in [2.24, 2.45) is 5.73 Å². The molecule has 0 aliphatic carbocycles. The SMILES string of the molecule is CCn1ncnc1CC(N)c1ccccc1SC. The molecule has 5 heteroatoms. The Labute approximate surface area is 112 Å². The third-order valence-corrected chi connectivity index (χ3v) is 3.75. The van der Waals surface area contributed by atoms with E-state index < -0.39 is 0 Å². The van der Waals surface area contributed by atoms with Gasteiger partial charge in [0.15, 0.2) is 0 Å². The lowest BCUT2D eigenvalue weighted by Crippen LogP contribution is -2.17. The van der Waals surface area contributed by atoms with Crippen LogP contribution in [0.2, 0.25) is 0 Å². The van der Waals surface area contributed by atoms with Gasteiger partial charge in [-0.05, 0) is 24.8 Å². The number of aromatic nitrogens is 3. The first-order valence-corrected chi connectivity index (χ1v) is 7.24. The maximum Gasteiger partial charge on any atom is 0.138 e. The molecule has 1 unspecified atom stereocenters. The van der Waals surface area contributed by atoms with Gasteiger partial charge < -0.3 is 5.73 Å². The summed E-state index contributed by atoms with van der Waals surface area (Å²) in [5.41, 5.74) is 7.47. The Bertz CT molecular complexity index is 509. The van der Waals surface area contributed by atoms with E-state index >= 15 is 0 Å². The minimum absolute atomic E-state index is 0.0388. The van der Waals surface area contributed by atoms with Crippen molar-refractivity contribution in [1.29, 1.82) is 0 Å². The van der Waals surface area contributed by atoms with Gasteiger partial charge in [0, 0.05) is 23.9 Å². The third-order valence-electron chi connectivity index (χ3n) is 2.94. The van der Waals surface area contributed by atoms with Crippen LogP contribution >= 0.6 is 11.8 Å². The van der Waals surface area contributed by atoms with Crippen LogP contribution in [-0.4, -0.2) is 21.0 Å². The lowest BCUT2D eigenvalue weighted by molar-refractivity contribution is 0.578. The zero-order chi connectivity index (χ0) is 13.0. The zero-order valence-corrected chi connectivity index (χ0v) is 11.5. The van der Waals surface area contributed by atoms with Crippen LogP contribution in [0.15, 0.2) is 35.5 Å². The van der Waals surface area contributed by atoms with E-state index in [0.717, 1.165) is 12.4 Å². The Morgan fingerprint density at radius 3 is 2.89 bits per heavy atom. The van der Waals surface area contributed by atoms with Gasteiger partial charge in [-0.1, -0.05) is 18.2 Å². The van der Waals surface area contributed by atoms with Crippen molar-refractivity contribution < 1.29 is 0 Å². The van der Waals surface area contributed by atoms with E-state index in [1.54, 1.807) is 18.1 Å². The molecule has 0 aliphatic heterocycles. The number of nitrogens with zero attached hydrogens (tertiary/aromatic N) is 3. The minimum Gasteiger partial charge on any atom is -0.324 e. The molecule has 0 bridgehead atoms. The molecule has 2 aromatic rings. The average Bonchev–Trinajstić information content (AvgIpc) is 2.85. The predicted octanol–water partition coefficient (Wildman–Crippen LogP) is 2.26. The molecular weight excluding hydrogens is 244 g/mol. The Hall–Kier alpha value is -1.33. The molecule has 0 spiro atoms. The summed E-state index contributed by atoms with van der Waals surface area (Å²) in [6.07, 6.45) is 4.37. The molecule has 2 rings (SSSR count). The molecule has 1 aromatic carbocycles. The van der Waals surface area contributed by atoms with Crippen molar-refractivity contribution in [3.8, 4) is 0 Å². The van der Waals surface area contributed by atoms with Gasteiger partial charge in [0.25, 0.3) is 0 Å². The topological polar surface area (TPSA) is 56.7 Å². The van der Waals surface area contributed by atoms with Gasteiger partial charge in [0.1, 0.15) is 12.2 Å². The number of hydrogen-bond donors (Lipinski definition) is 1. The molecule has 1 heterocycles. The van der Waals surface area contributed by atoms with Crippen LogP contribution in [0.25, 0.3) is 0 Å². The Balaban J connectivity index is 2.19. The van der Waals surface area contributed by atoms with E-state index in [9.17, 15) is 0 Å². The smallest absolute Gasteiger partial charge is 0.138 e. The van der Waals surface area contributed by atoms with Crippen LogP contribution in [0.4, 0.5) is 0 Å². The van der Waals surface area contributed by atoms with E-state index in [4.69, 9.17) is 5.73 Å². The Morgan fingerprint density at radius 2 is 2.17 bits per heavy atom. The van der Waals surface area contributed by atoms with Crippen molar-refractivity contribution >= 4 is 11.8 Å². The summed E-state index contributed by atoms with van der Waals surface area (Å²) >= 11 is 1.72. The summed E-state index contributed by atoms with van der Waals surface area (Å²) in [5.74, 6) is 0.945. The molecule has 0 fully saturated rings. The fraction of sp³-hybridized carbons (Fsp3) is 0.385. The van der Waals surface area contributed by atoms with Gasteiger partial charge in [0.2, 0.25) is 0 Å². The van der Waals surface area contributed by atoms with Crippen molar-refractivity contribution in [1.82, 2.24) is 14.8 Å². The Morgan fingerprint density at radius 1 is 1.39 bits per heavy atom. The predicted molar refractivity (Wildman–Crippen MR) is 74.6 cm³/mol. The fourth-order valence-corrected chi connectivity index (χ4v) is 2.66. The highest BCUT2D eigenvalue weighted by molar-refractivity contribution is 7.98. The van der Waals surface area contributed by atoms with Gasteiger partial charge in [-0.15, -0.1) is 11.8 Å². The zero-order valence-electron chi connectivity index (χ0n) is 10.7. The maximum absolute atomic E-state index is 6.29. The lowest BCUT2D eigenvalue weighted by Gasteiger charge is -2.15. The van der Waals surface area contributed by atoms with E-state index in [1.807, 2.05) is 16.8 Å². The molecule has 0 saturated heterocycles. The first kappa shape index (κ1) is 13.1. The third kappa shape index (κ3) is 2.73. The van der Waals surface area contributed by atoms with E-state index in [-0.39, 0.29) is 6.04 Å².